The van der Waals surface area contributed by atoms with Crippen LogP contribution in [0, 0.1) is 0 Å². The molecular formula is C12H19N3O2. The maximum absolute atomic E-state index is 11.7. The average Bonchev–Trinajstić information content (AvgIpc) is 2.99. The van der Waals surface area contributed by atoms with E-state index in [1.54, 1.807) is 10.9 Å². The summed E-state index contributed by atoms with van der Waals surface area (Å²) in [5.41, 5.74) is 0. The first-order chi connectivity index (χ1) is 8.25. The molecule has 1 amide bonds. The molecule has 1 fully saturated rings. The van der Waals surface area contributed by atoms with Crippen molar-refractivity contribution in [2.75, 3.05) is 6.61 Å². The second-order valence-electron chi connectivity index (χ2n) is 4.43. The first-order valence-corrected chi connectivity index (χ1v) is 6.14. The van der Waals surface area contributed by atoms with Crippen LogP contribution in [-0.2, 0) is 16.1 Å². The second-order valence-corrected chi connectivity index (χ2v) is 4.43. The van der Waals surface area contributed by atoms with Crippen LogP contribution in [0.3, 0.4) is 0 Å². The first kappa shape index (κ1) is 12.1. The number of ether oxygens (including phenoxy) is 1. The number of hydrogen-bond donors (Lipinski definition) is 1. The first-order valence-electron chi connectivity index (χ1n) is 6.14. The molecule has 1 N–H and O–H groups in total. The number of nitrogens with zero attached hydrogens (tertiary/aromatic N) is 2. The number of rotatable bonds is 5. The topological polar surface area (TPSA) is 56.2 Å². The smallest absolute Gasteiger partial charge is 0.222 e. The van der Waals surface area contributed by atoms with Crippen molar-refractivity contribution in [3.8, 4) is 0 Å². The van der Waals surface area contributed by atoms with Gasteiger partial charge in [0, 0.05) is 32.0 Å². The number of hydrogen-bond acceptors (Lipinski definition) is 3. The van der Waals surface area contributed by atoms with Gasteiger partial charge in [-0.3, -0.25) is 9.48 Å². The summed E-state index contributed by atoms with van der Waals surface area (Å²) in [6.07, 6.45) is 6.35. The molecule has 0 spiro atoms. The molecule has 0 aromatic carbocycles. The normalized spacial score (nSPS) is 21.4. The third-order valence-corrected chi connectivity index (χ3v) is 3.04. The van der Waals surface area contributed by atoms with Crippen molar-refractivity contribution in [2.24, 2.45) is 0 Å². The van der Waals surface area contributed by atoms with E-state index in [1.165, 1.54) is 0 Å². The summed E-state index contributed by atoms with van der Waals surface area (Å²) < 4.78 is 7.29. The Bertz CT molecular complexity index is 345. The van der Waals surface area contributed by atoms with Crippen molar-refractivity contribution >= 4 is 5.91 Å². The van der Waals surface area contributed by atoms with Crippen LogP contribution >= 0.6 is 0 Å². The summed E-state index contributed by atoms with van der Waals surface area (Å²) in [5, 5.41) is 7.04. The number of nitrogens with one attached hydrogen (secondary N) is 1. The van der Waals surface area contributed by atoms with Crippen LogP contribution in [-0.4, -0.2) is 34.4 Å². The lowest BCUT2D eigenvalue weighted by Crippen LogP contribution is -2.41. The third kappa shape index (κ3) is 3.56. The maximum Gasteiger partial charge on any atom is 0.222 e. The maximum atomic E-state index is 11.7. The molecule has 17 heavy (non-hydrogen) atoms. The summed E-state index contributed by atoms with van der Waals surface area (Å²) in [5.74, 6) is 0.0588. The molecule has 1 aromatic rings. The van der Waals surface area contributed by atoms with E-state index in [0.717, 1.165) is 19.4 Å². The lowest BCUT2D eigenvalue weighted by atomic mass is 10.1. The van der Waals surface area contributed by atoms with Crippen LogP contribution in [0.15, 0.2) is 18.5 Å². The van der Waals surface area contributed by atoms with Gasteiger partial charge in [0.2, 0.25) is 5.91 Å². The van der Waals surface area contributed by atoms with Crippen LogP contribution in [0.5, 0.6) is 0 Å². The summed E-state index contributed by atoms with van der Waals surface area (Å²) in [4.78, 5) is 11.7. The molecule has 1 aromatic heterocycles. The van der Waals surface area contributed by atoms with Crippen molar-refractivity contribution in [1.82, 2.24) is 15.1 Å². The van der Waals surface area contributed by atoms with Gasteiger partial charge < -0.3 is 10.1 Å². The highest BCUT2D eigenvalue weighted by atomic mass is 16.5. The van der Waals surface area contributed by atoms with Crippen molar-refractivity contribution in [1.29, 1.82) is 0 Å². The Morgan fingerprint density at radius 3 is 3.24 bits per heavy atom. The fraction of sp³-hybridized carbons (Fsp3) is 0.667. The molecule has 0 bridgehead atoms. The van der Waals surface area contributed by atoms with Gasteiger partial charge in [-0.2, -0.15) is 5.10 Å². The molecule has 94 valence electrons. The van der Waals surface area contributed by atoms with Gasteiger partial charge in [-0.25, -0.2) is 0 Å². The highest BCUT2D eigenvalue weighted by molar-refractivity contribution is 5.76. The highest BCUT2D eigenvalue weighted by Gasteiger charge is 2.23. The Labute approximate surface area is 101 Å². The fourth-order valence-corrected chi connectivity index (χ4v) is 2.06. The zero-order chi connectivity index (χ0) is 12.1. The molecule has 0 unspecified atom stereocenters. The van der Waals surface area contributed by atoms with E-state index in [-0.39, 0.29) is 18.1 Å². The summed E-state index contributed by atoms with van der Waals surface area (Å²) >= 11 is 0. The van der Waals surface area contributed by atoms with Gasteiger partial charge >= 0.3 is 0 Å². The Balaban J connectivity index is 1.69. The molecule has 0 saturated carbocycles. The monoisotopic (exact) mass is 237 g/mol. The molecule has 0 radical (unpaired) electrons. The molecule has 5 nitrogen and oxygen atoms in total. The molecule has 1 saturated heterocycles. The highest BCUT2D eigenvalue weighted by Crippen LogP contribution is 2.15. The zero-order valence-corrected chi connectivity index (χ0v) is 10.1. The molecule has 1 aliphatic heterocycles. The molecule has 2 rings (SSSR count). The van der Waals surface area contributed by atoms with Gasteiger partial charge in [-0.15, -0.1) is 0 Å². The predicted molar refractivity (Wildman–Crippen MR) is 63.4 cm³/mol. The number of aromatic nitrogens is 2. The van der Waals surface area contributed by atoms with Crippen molar-refractivity contribution < 1.29 is 9.53 Å². The van der Waals surface area contributed by atoms with Crippen LogP contribution in [0.25, 0.3) is 0 Å². The van der Waals surface area contributed by atoms with Crippen LogP contribution in [0.2, 0.25) is 0 Å². The van der Waals surface area contributed by atoms with Gasteiger partial charge in [-0.1, -0.05) is 0 Å². The lowest BCUT2D eigenvalue weighted by molar-refractivity contribution is -0.122. The van der Waals surface area contributed by atoms with Crippen molar-refractivity contribution in [3.63, 3.8) is 0 Å². The molecule has 2 heterocycles. The van der Waals surface area contributed by atoms with Crippen LogP contribution in [0.4, 0.5) is 0 Å². The molecule has 0 aliphatic carbocycles. The van der Waals surface area contributed by atoms with Crippen molar-refractivity contribution in [3.05, 3.63) is 18.5 Å². The van der Waals surface area contributed by atoms with Gasteiger partial charge in [0.05, 0.1) is 12.1 Å². The number of carbonyl (C=O) groups is 1. The largest absolute Gasteiger partial charge is 0.376 e. The second kappa shape index (κ2) is 5.82. The predicted octanol–water partition coefficient (Wildman–Crippen LogP) is 0.957. The van der Waals surface area contributed by atoms with E-state index in [9.17, 15) is 4.79 Å². The van der Waals surface area contributed by atoms with E-state index >= 15 is 0 Å². The van der Waals surface area contributed by atoms with Gasteiger partial charge in [-0.05, 0) is 25.8 Å². The minimum Gasteiger partial charge on any atom is -0.376 e. The molecule has 5 heteroatoms. The molecule has 2 atom stereocenters. The summed E-state index contributed by atoms with van der Waals surface area (Å²) in [6, 6.07) is 1.95. The van der Waals surface area contributed by atoms with E-state index in [1.807, 2.05) is 19.2 Å². The molecular weight excluding hydrogens is 218 g/mol. The van der Waals surface area contributed by atoms with E-state index in [2.05, 4.69) is 10.4 Å². The average molecular weight is 237 g/mol. The Kier molecular flexibility index (Phi) is 4.14. The van der Waals surface area contributed by atoms with Gasteiger partial charge in [0.1, 0.15) is 0 Å². The number of carbonyl (C=O) groups excluding carboxylic acids is 1. The van der Waals surface area contributed by atoms with Crippen molar-refractivity contribution in [2.45, 2.75) is 44.9 Å². The van der Waals surface area contributed by atoms with Gasteiger partial charge in [0.15, 0.2) is 0 Å². The molecule has 1 aliphatic rings. The third-order valence-electron chi connectivity index (χ3n) is 3.04. The summed E-state index contributed by atoms with van der Waals surface area (Å²) in [7, 11) is 0. The quantitative estimate of drug-likeness (QED) is 0.829. The SMILES string of the molecule is C[C@H](NC(=O)CCn1cccn1)[C@@H]1CCCO1. The standard InChI is InChI=1S/C12H19N3O2/c1-10(11-4-2-9-17-11)14-12(16)5-8-15-7-3-6-13-15/h3,6-7,10-11H,2,4-5,8-9H2,1H3,(H,14,16)/t10-,11-/m0/s1. The van der Waals surface area contributed by atoms with Crippen LogP contribution in [0.1, 0.15) is 26.2 Å². The minimum atomic E-state index is 0.0588. The van der Waals surface area contributed by atoms with Crippen LogP contribution < -0.4 is 5.32 Å². The Morgan fingerprint density at radius 1 is 1.71 bits per heavy atom. The van der Waals surface area contributed by atoms with E-state index in [0.29, 0.717) is 13.0 Å². The number of aryl methyl sites for hydroxylation is 1. The van der Waals surface area contributed by atoms with Gasteiger partial charge in [0.25, 0.3) is 0 Å². The Morgan fingerprint density at radius 2 is 2.59 bits per heavy atom. The van der Waals surface area contributed by atoms with E-state index < -0.39 is 0 Å². The fourth-order valence-electron chi connectivity index (χ4n) is 2.06. The zero-order valence-electron chi connectivity index (χ0n) is 10.1. The summed E-state index contributed by atoms with van der Waals surface area (Å²) in [6.45, 7) is 3.44. The lowest BCUT2D eigenvalue weighted by Gasteiger charge is -2.19. The van der Waals surface area contributed by atoms with E-state index in [4.69, 9.17) is 4.74 Å². The Hall–Kier alpha value is -1.36. The number of amides is 1. The minimum absolute atomic E-state index is 0.0588.